The quantitative estimate of drug-likeness (QED) is 0.789. The largest absolute Gasteiger partial charge is 0.497 e. The molecule has 1 N–H and O–H groups in total. The maximum absolute atomic E-state index is 12.7. The predicted molar refractivity (Wildman–Crippen MR) is 102 cm³/mol. The number of nitrogens with zero attached hydrogens (tertiary/aromatic N) is 3. The maximum Gasteiger partial charge on any atom is 0.254 e. The summed E-state index contributed by atoms with van der Waals surface area (Å²) in [7, 11) is 1.61. The number of ether oxygens (including phenoxy) is 1. The van der Waals surface area contributed by atoms with Crippen LogP contribution in [0.15, 0.2) is 42.5 Å². The van der Waals surface area contributed by atoms with Crippen LogP contribution in [-0.4, -0.2) is 54.1 Å². The monoisotopic (exact) mass is 350 g/mol. The molecule has 1 aromatic heterocycles. The second-order valence-corrected chi connectivity index (χ2v) is 6.53. The Kier molecular flexibility index (Phi) is 4.24. The van der Waals surface area contributed by atoms with E-state index >= 15 is 0 Å². The van der Waals surface area contributed by atoms with Gasteiger partial charge in [-0.25, -0.2) is 4.98 Å². The number of nitrogens with one attached hydrogen (secondary N) is 1. The molecule has 0 atom stereocenters. The van der Waals surface area contributed by atoms with Crippen LogP contribution in [0.3, 0.4) is 0 Å². The van der Waals surface area contributed by atoms with E-state index in [1.54, 1.807) is 13.2 Å². The van der Waals surface area contributed by atoms with Crippen molar-refractivity contribution in [2.24, 2.45) is 0 Å². The van der Waals surface area contributed by atoms with Gasteiger partial charge in [0.05, 0.1) is 18.1 Å². The first-order valence-electron chi connectivity index (χ1n) is 8.79. The van der Waals surface area contributed by atoms with E-state index < -0.39 is 0 Å². The number of aromatic nitrogens is 2. The number of piperazine rings is 1. The normalized spacial score (nSPS) is 14.7. The average molecular weight is 350 g/mol. The van der Waals surface area contributed by atoms with Crippen molar-refractivity contribution >= 4 is 22.6 Å². The molecule has 4 rings (SSSR count). The second kappa shape index (κ2) is 6.71. The highest BCUT2D eigenvalue weighted by Gasteiger charge is 2.22. The molecule has 0 radical (unpaired) electrons. The van der Waals surface area contributed by atoms with Gasteiger partial charge in [0.15, 0.2) is 0 Å². The van der Waals surface area contributed by atoms with Crippen LogP contribution in [0.1, 0.15) is 16.2 Å². The predicted octanol–water partition coefficient (Wildman–Crippen LogP) is 2.84. The van der Waals surface area contributed by atoms with E-state index in [1.807, 2.05) is 36.1 Å². The van der Waals surface area contributed by atoms with Gasteiger partial charge in [-0.05, 0) is 43.3 Å². The fourth-order valence-corrected chi connectivity index (χ4v) is 3.43. The molecule has 0 spiro atoms. The third-order valence-electron chi connectivity index (χ3n) is 4.83. The van der Waals surface area contributed by atoms with Crippen LogP contribution >= 0.6 is 0 Å². The summed E-state index contributed by atoms with van der Waals surface area (Å²) >= 11 is 0. The third-order valence-corrected chi connectivity index (χ3v) is 4.83. The molecule has 1 aliphatic heterocycles. The van der Waals surface area contributed by atoms with Gasteiger partial charge in [0.25, 0.3) is 5.91 Å². The number of imidazole rings is 1. The van der Waals surface area contributed by atoms with Gasteiger partial charge in [0.2, 0.25) is 0 Å². The fourth-order valence-electron chi connectivity index (χ4n) is 3.43. The van der Waals surface area contributed by atoms with Gasteiger partial charge in [-0.1, -0.05) is 6.07 Å². The second-order valence-electron chi connectivity index (χ2n) is 6.53. The van der Waals surface area contributed by atoms with Crippen molar-refractivity contribution in [2.45, 2.75) is 6.92 Å². The molecule has 0 unspecified atom stereocenters. The zero-order valence-corrected chi connectivity index (χ0v) is 15.0. The van der Waals surface area contributed by atoms with Gasteiger partial charge in [0, 0.05) is 37.4 Å². The minimum absolute atomic E-state index is 0.0585. The number of H-pyrrole nitrogens is 1. The molecular weight excluding hydrogens is 328 g/mol. The Morgan fingerprint density at radius 1 is 1.12 bits per heavy atom. The van der Waals surface area contributed by atoms with Crippen molar-refractivity contribution in [1.29, 1.82) is 0 Å². The number of anilines is 1. The molecule has 26 heavy (non-hydrogen) atoms. The Hall–Kier alpha value is -3.02. The summed E-state index contributed by atoms with van der Waals surface area (Å²) in [6.45, 7) is 5.00. The number of carbonyl (C=O) groups excluding carboxylic acids is 1. The van der Waals surface area contributed by atoms with Crippen molar-refractivity contribution < 1.29 is 9.53 Å². The van der Waals surface area contributed by atoms with E-state index in [1.165, 1.54) is 0 Å². The number of aryl methyl sites for hydroxylation is 1. The topological polar surface area (TPSA) is 61.5 Å². The van der Waals surface area contributed by atoms with Crippen LogP contribution in [0.25, 0.3) is 11.0 Å². The standard InChI is InChI=1S/C20H22N4O2/c1-14-21-18-7-6-16(13-19(18)22-14)23-8-10-24(11-9-23)20(25)15-4-3-5-17(12-15)26-2/h3-7,12-13H,8-11H2,1-2H3,(H,21,22). The van der Waals surface area contributed by atoms with Gasteiger partial charge < -0.3 is 19.5 Å². The summed E-state index contributed by atoms with van der Waals surface area (Å²) in [5, 5.41) is 0. The molecule has 0 saturated carbocycles. The van der Waals surface area contributed by atoms with Crippen LogP contribution in [0.5, 0.6) is 5.75 Å². The SMILES string of the molecule is COc1cccc(C(=O)N2CCN(c3ccc4nc(C)[nH]c4c3)CC2)c1. The van der Waals surface area contributed by atoms with Crippen LogP contribution in [0.2, 0.25) is 0 Å². The minimum atomic E-state index is 0.0585. The summed E-state index contributed by atoms with van der Waals surface area (Å²) in [5.74, 6) is 1.69. The van der Waals surface area contributed by atoms with Gasteiger partial charge in [-0.15, -0.1) is 0 Å². The van der Waals surface area contributed by atoms with Crippen LogP contribution in [0, 0.1) is 6.92 Å². The first-order chi connectivity index (χ1) is 12.6. The van der Waals surface area contributed by atoms with Crippen LogP contribution in [-0.2, 0) is 0 Å². The Bertz CT molecular complexity index is 942. The molecule has 0 bridgehead atoms. The van der Waals surface area contributed by atoms with Crippen LogP contribution < -0.4 is 9.64 Å². The summed E-state index contributed by atoms with van der Waals surface area (Å²) < 4.78 is 5.22. The number of hydrogen-bond acceptors (Lipinski definition) is 4. The van der Waals surface area contributed by atoms with Crippen LogP contribution in [0.4, 0.5) is 5.69 Å². The average Bonchev–Trinajstić information content (AvgIpc) is 3.06. The molecule has 0 aliphatic carbocycles. The fraction of sp³-hybridized carbons (Fsp3) is 0.300. The van der Waals surface area contributed by atoms with E-state index in [-0.39, 0.29) is 5.91 Å². The molecule has 6 nitrogen and oxygen atoms in total. The van der Waals surface area contributed by atoms with E-state index in [0.717, 1.165) is 35.6 Å². The summed E-state index contributed by atoms with van der Waals surface area (Å²) in [5.41, 5.74) is 3.87. The summed E-state index contributed by atoms with van der Waals surface area (Å²) in [4.78, 5) is 24.7. The van der Waals surface area contributed by atoms with Crippen molar-refractivity contribution in [3.63, 3.8) is 0 Å². The zero-order valence-electron chi connectivity index (χ0n) is 15.0. The molecule has 1 aliphatic rings. The van der Waals surface area contributed by atoms with E-state index in [9.17, 15) is 4.79 Å². The van der Waals surface area contributed by atoms with E-state index in [0.29, 0.717) is 24.4 Å². The Balaban J connectivity index is 1.45. The molecule has 3 aromatic rings. The number of amides is 1. The highest BCUT2D eigenvalue weighted by Crippen LogP contribution is 2.23. The van der Waals surface area contributed by atoms with E-state index in [2.05, 4.69) is 27.0 Å². The lowest BCUT2D eigenvalue weighted by Crippen LogP contribution is -2.48. The number of benzene rings is 2. The van der Waals surface area contributed by atoms with Crippen molar-refractivity contribution in [3.8, 4) is 5.75 Å². The molecule has 1 saturated heterocycles. The molecule has 134 valence electrons. The molecule has 2 aromatic carbocycles. The number of fused-ring (bicyclic) bond motifs is 1. The first kappa shape index (κ1) is 16.4. The highest BCUT2D eigenvalue weighted by molar-refractivity contribution is 5.94. The number of aromatic amines is 1. The molecule has 1 amide bonds. The molecule has 2 heterocycles. The smallest absolute Gasteiger partial charge is 0.254 e. The summed E-state index contributed by atoms with van der Waals surface area (Å²) in [6, 6.07) is 13.6. The van der Waals surface area contributed by atoms with Gasteiger partial charge >= 0.3 is 0 Å². The molecule has 6 heteroatoms. The van der Waals surface area contributed by atoms with Crippen molar-refractivity contribution in [1.82, 2.24) is 14.9 Å². The molecule has 1 fully saturated rings. The lowest BCUT2D eigenvalue weighted by molar-refractivity contribution is 0.0746. The van der Waals surface area contributed by atoms with Crippen molar-refractivity contribution in [2.75, 3.05) is 38.2 Å². The van der Waals surface area contributed by atoms with Crippen molar-refractivity contribution in [3.05, 3.63) is 53.9 Å². The van der Waals surface area contributed by atoms with Gasteiger partial charge in [-0.2, -0.15) is 0 Å². The van der Waals surface area contributed by atoms with E-state index in [4.69, 9.17) is 4.74 Å². The minimum Gasteiger partial charge on any atom is -0.497 e. The third kappa shape index (κ3) is 3.10. The number of methoxy groups -OCH3 is 1. The summed E-state index contributed by atoms with van der Waals surface area (Å²) in [6.07, 6.45) is 0. The van der Waals surface area contributed by atoms with Gasteiger partial charge in [-0.3, -0.25) is 4.79 Å². The zero-order chi connectivity index (χ0) is 18.1. The Morgan fingerprint density at radius 3 is 2.69 bits per heavy atom. The molecular formula is C20H22N4O2. The number of rotatable bonds is 3. The highest BCUT2D eigenvalue weighted by atomic mass is 16.5. The maximum atomic E-state index is 12.7. The number of hydrogen-bond donors (Lipinski definition) is 1. The van der Waals surface area contributed by atoms with Gasteiger partial charge in [0.1, 0.15) is 11.6 Å². The number of carbonyl (C=O) groups is 1. The Morgan fingerprint density at radius 2 is 1.92 bits per heavy atom. The lowest BCUT2D eigenvalue weighted by Gasteiger charge is -2.36. The first-order valence-corrected chi connectivity index (χ1v) is 8.79. The Labute approximate surface area is 152 Å². The lowest BCUT2D eigenvalue weighted by atomic mass is 10.1.